The normalized spacial score (nSPS) is 14.1. The highest BCUT2D eigenvalue weighted by atomic mass is 16.4. The number of aliphatic hydroxyl groups excluding tert-OH is 1. The van der Waals surface area contributed by atoms with Crippen LogP contribution in [-0.2, 0) is 4.79 Å². The molecule has 1 aromatic rings. The zero-order chi connectivity index (χ0) is 15.4. The maximum Gasteiger partial charge on any atom is 0.320 e. The van der Waals surface area contributed by atoms with Gasteiger partial charge < -0.3 is 15.5 Å². The van der Waals surface area contributed by atoms with Gasteiger partial charge in [-0.25, -0.2) is 0 Å². The molecule has 0 bridgehead atoms. The minimum absolute atomic E-state index is 0.245. The number of aliphatic carboxylic acids is 1. The standard InChI is InChI=1S/C16H25NO3/c1-6-13(16(19)20)17-8-14(18)15-11(4)9(2)7-10(3)12(15)5/h7,13-14,17-18H,6,8H2,1-5H3,(H,19,20). The van der Waals surface area contributed by atoms with Crippen molar-refractivity contribution >= 4 is 5.97 Å². The second kappa shape index (κ2) is 6.86. The van der Waals surface area contributed by atoms with Gasteiger partial charge in [-0.3, -0.25) is 4.79 Å². The molecule has 4 nitrogen and oxygen atoms in total. The van der Waals surface area contributed by atoms with E-state index >= 15 is 0 Å². The molecule has 0 aliphatic rings. The Morgan fingerprint density at radius 2 is 1.70 bits per heavy atom. The summed E-state index contributed by atoms with van der Waals surface area (Å²) in [7, 11) is 0. The quantitative estimate of drug-likeness (QED) is 0.748. The van der Waals surface area contributed by atoms with Gasteiger partial charge >= 0.3 is 5.97 Å². The molecule has 1 rings (SSSR count). The first-order valence-electron chi connectivity index (χ1n) is 7.01. The highest BCUT2D eigenvalue weighted by Crippen LogP contribution is 2.27. The Bertz CT molecular complexity index is 471. The number of aliphatic hydroxyl groups is 1. The molecule has 20 heavy (non-hydrogen) atoms. The van der Waals surface area contributed by atoms with Crippen molar-refractivity contribution in [3.8, 4) is 0 Å². The first-order chi connectivity index (χ1) is 9.29. The third kappa shape index (κ3) is 3.58. The fourth-order valence-corrected chi connectivity index (χ4v) is 2.51. The molecule has 4 heteroatoms. The molecule has 0 saturated carbocycles. The largest absolute Gasteiger partial charge is 0.480 e. The lowest BCUT2D eigenvalue weighted by Crippen LogP contribution is -2.38. The highest BCUT2D eigenvalue weighted by Gasteiger charge is 2.20. The van der Waals surface area contributed by atoms with E-state index in [1.807, 2.05) is 34.6 Å². The number of carboxylic acids is 1. The van der Waals surface area contributed by atoms with Gasteiger partial charge in [0, 0.05) is 6.54 Å². The number of hydrogen-bond donors (Lipinski definition) is 3. The third-order valence-corrected chi connectivity index (χ3v) is 4.02. The van der Waals surface area contributed by atoms with Crippen LogP contribution in [0.15, 0.2) is 6.07 Å². The number of carbonyl (C=O) groups is 1. The summed E-state index contributed by atoms with van der Waals surface area (Å²) in [4.78, 5) is 11.0. The minimum Gasteiger partial charge on any atom is -0.480 e. The molecular formula is C16H25NO3. The molecule has 112 valence electrons. The maximum absolute atomic E-state index is 11.0. The van der Waals surface area contributed by atoms with Crippen LogP contribution in [0.25, 0.3) is 0 Å². The van der Waals surface area contributed by atoms with Crippen molar-refractivity contribution in [1.82, 2.24) is 5.32 Å². The van der Waals surface area contributed by atoms with Crippen molar-refractivity contribution in [2.75, 3.05) is 6.54 Å². The van der Waals surface area contributed by atoms with Crippen LogP contribution in [0.1, 0.15) is 47.3 Å². The molecule has 0 aliphatic heterocycles. The van der Waals surface area contributed by atoms with E-state index in [2.05, 4.69) is 11.4 Å². The predicted octanol–water partition coefficient (Wildman–Crippen LogP) is 2.41. The van der Waals surface area contributed by atoms with Gasteiger partial charge in [0.05, 0.1) is 6.10 Å². The van der Waals surface area contributed by atoms with Crippen LogP contribution >= 0.6 is 0 Å². The van der Waals surface area contributed by atoms with Gasteiger partial charge in [0.25, 0.3) is 0 Å². The first kappa shape index (κ1) is 16.7. The topological polar surface area (TPSA) is 69.6 Å². The van der Waals surface area contributed by atoms with Crippen molar-refractivity contribution in [3.05, 3.63) is 33.9 Å². The van der Waals surface area contributed by atoms with E-state index in [1.54, 1.807) is 0 Å². The van der Waals surface area contributed by atoms with Crippen LogP contribution in [0, 0.1) is 27.7 Å². The van der Waals surface area contributed by atoms with E-state index < -0.39 is 18.1 Å². The lowest BCUT2D eigenvalue weighted by atomic mass is 9.91. The zero-order valence-electron chi connectivity index (χ0n) is 12.9. The van der Waals surface area contributed by atoms with Gasteiger partial charge in [-0.2, -0.15) is 0 Å². The molecule has 0 spiro atoms. The fourth-order valence-electron chi connectivity index (χ4n) is 2.51. The molecule has 2 unspecified atom stereocenters. The number of aryl methyl sites for hydroxylation is 2. The van der Waals surface area contributed by atoms with Crippen molar-refractivity contribution < 1.29 is 15.0 Å². The average Bonchev–Trinajstić information content (AvgIpc) is 2.37. The molecule has 0 fully saturated rings. The molecule has 0 aromatic heterocycles. The molecule has 3 N–H and O–H groups in total. The van der Waals surface area contributed by atoms with Gasteiger partial charge in [0.1, 0.15) is 6.04 Å². The van der Waals surface area contributed by atoms with E-state index in [4.69, 9.17) is 5.11 Å². The molecule has 0 aliphatic carbocycles. The molecule has 1 aromatic carbocycles. The fraction of sp³-hybridized carbons (Fsp3) is 0.562. The summed E-state index contributed by atoms with van der Waals surface area (Å²) in [6, 6.07) is 1.50. The predicted molar refractivity (Wildman–Crippen MR) is 80.1 cm³/mol. The number of nitrogens with one attached hydrogen (secondary N) is 1. The summed E-state index contributed by atoms with van der Waals surface area (Å²) in [6.45, 7) is 10.1. The van der Waals surface area contributed by atoms with E-state index in [1.165, 1.54) is 0 Å². The summed E-state index contributed by atoms with van der Waals surface area (Å²) in [5.74, 6) is -0.881. The average molecular weight is 279 g/mol. The number of rotatable bonds is 6. The van der Waals surface area contributed by atoms with Crippen LogP contribution in [0.4, 0.5) is 0 Å². The van der Waals surface area contributed by atoms with Gasteiger partial charge in [0.15, 0.2) is 0 Å². The summed E-state index contributed by atoms with van der Waals surface area (Å²) >= 11 is 0. The van der Waals surface area contributed by atoms with Crippen LogP contribution in [0.2, 0.25) is 0 Å². The van der Waals surface area contributed by atoms with Crippen LogP contribution in [-0.4, -0.2) is 28.8 Å². The maximum atomic E-state index is 11.0. The Kier molecular flexibility index (Phi) is 5.72. The zero-order valence-corrected chi connectivity index (χ0v) is 12.9. The SMILES string of the molecule is CCC(NCC(O)c1c(C)c(C)cc(C)c1C)C(=O)O. The molecule has 0 saturated heterocycles. The van der Waals surface area contributed by atoms with Crippen molar-refractivity contribution in [2.24, 2.45) is 0 Å². The molecular weight excluding hydrogens is 254 g/mol. The van der Waals surface area contributed by atoms with Crippen molar-refractivity contribution in [3.63, 3.8) is 0 Å². The van der Waals surface area contributed by atoms with Crippen LogP contribution in [0.3, 0.4) is 0 Å². The van der Waals surface area contributed by atoms with Gasteiger partial charge in [-0.1, -0.05) is 13.0 Å². The number of carboxylic acid groups (broad SMARTS) is 1. The Morgan fingerprint density at radius 1 is 1.20 bits per heavy atom. The Morgan fingerprint density at radius 3 is 2.10 bits per heavy atom. The van der Waals surface area contributed by atoms with Crippen LogP contribution in [0.5, 0.6) is 0 Å². The Labute approximate surface area is 120 Å². The highest BCUT2D eigenvalue weighted by molar-refractivity contribution is 5.73. The molecule has 0 radical (unpaired) electrons. The lowest BCUT2D eigenvalue weighted by molar-refractivity contribution is -0.139. The van der Waals surface area contributed by atoms with Crippen LogP contribution < -0.4 is 5.32 Å². The van der Waals surface area contributed by atoms with Crippen molar-refractivity contribution in [1.29, 1.82) is 0 Å². The Hall–Kier alpha value is -1.39. The lowest BCUT2D eigenvalue weighted by Gasteiger charge is -2.22. The second-order valence-corrected chi connectivity index (χ2v) is 5.40. The van der Waals surface area contributed by atoms with Crippen molar-refractivity contribution in [2.45, 2.75) is 53.2 Å². The monoisotopic (exact) mass is 279 g/mol. The summed E-state index contributed by atoms with van der Waals surface area (Å²) in [5, 5.41) is 22.3. The van der Waals surface area contributed by atoms with E-state index in [9.17, 15) is 9.90 Å². The van der Waals surface area contributed by atoms with E-state index in [0.717, 1.165) is 27.8 Å². The summed E-state index contributed by atoms with van der Waals surface area (Å²) < 4.78 is 0. The first-order valence-corrected chi connectivity index (χ1v) is 7.01. The Balaban J connectivity index is 2.93. The molecule has 2 atom stereocenters. The second-order valence-electron chi connectivity index (χ2n) is 5.40. The summed E-state index contributed by atoms with van der Waals surface area (Å²) in [6.07, 6.45) is -0.200. The van der Waals surface area contributed by atoms with E-state index in [-0.39, 0.29) is 6.54 Å². The molecule has 0 amide bonds. The molecule has 0 heterocycles. The van der Waals surface area contributed by atoms with E-state index in [0.29, 0.717) is 6.42 Å². The number of hydrogen-bond acceptors (Lipinski definition) is 3. The third-order valence-electron chi connectivity index (χ3n) is 4.02. The van der Waals surface area contributed by atoms with Gasteiger partial charge in [-0.15, -0.1) is 0 Å². The smallest absolute Gasteiger partial charge is 0.320 e. The van der Waals surface area contributed by atoms with Gasteiger partial charge in [0.2, 0.25) is 0 Å². The van der Waals surface area contributed by atoms with Gasteiger partial charge in [-0.05, 0) is 61.9 Å². The summed E-state index contributed by atoms with van der Waals surface area (Å²) in [5.41, 5.74) is 5.35. The number of benzene rings is 1. The minimum atomic E-state index is -0.881.